The third-order valence-electron chi connectivity index (χ3n) is 9.24. The van der Waals surface area contributed by atoms with Gasteiger partial charge in [0.05, 0.1) is 6.61 Å². The standard InChI is InChI=1S/C40H71N3O11/c1-7-9-11-13-15-17-19-21-23-25-35(48)43-33(39(49)41-26-24-22-20-18-16-14-12-10-8-2)27-51-40-36(42-29(3)44)38(53-32(6)47)37(52-31(5)46)34(54-40)28-50-30(4)45/h33-34,36-38,40H,7-28H2,1-6H3,(H,41,49)(H,42,44)(H,43,48)/t33-,34+,36+,37+,38+,40+/m0/s1. The van der Waals surface area contributed by atoms with Crippen molar-refractivity contribution in [1.82, 2.24) is 16.0 Å². The summed E-state index contributed by atoms with van der Waals surface area (Å²) in [5.74, 6) is -3.37. The van der Waals surface area contributed by atoms with E-state index in [4.69, 9.17) is 23.7 Å². The van der Waals surface area contributed by atoms with Crippen molar-refractivity contribution in [2.45, 2.75) is 200 Å². The van der Waals surface area contributed by atoms with Gasteiger partial charge in [-0.1, -0.05) is 117 Å². The summed E-state index contributed by atoms with van der Waals surface area (Å²) in [4.78, 5) is 74.9. The van der Waals surface area contributed by atoms with Gasteiger partial charge >= 0.3 is 17.9 Å². The average Bonchev–Trinajstić information content (AvgIpc) is 3.10. The van der Waals surface area contributed by atoms with E-state index in [0.29, 0.717) is 13.0 Å². The summed E-state index contributed by atoms with van der Waals surface area (Å²) in [6.45, 7) is 8.80. The number of hydrogen-bond acceptors (Lipinski definition) is 11. The molecule has 3 N–H and O–H groups in total. The lowest BCUT2D eigenvalue weighted by molar-refractivity contribution is -0.278. The van der Waals surface area contributed by atoms with E-state index in [1.54, 1.807) is 0 Å². The largest absolute Gasteiger partial charge is 0.463 e. The van der Waals surface area contributed by atoms with Crippen LogP contribution in [0.5, 0.6) is 0 Å². The quantitative estimate of drug-likeness (QED) is 0.0462. The van der Waals surface area contributed by atoms with Gasteiger partial charge in [0.15, 0.2) is 18.5 Å². The maximum absolute atomic E-state index is 13.5. The Hall–Kier alpha value is -3.26. The summed E-state index contributed by atoms with van der Waals surface area (Å²) < 4.78 is 28.3. The molecule has 0 saturated carbocycles. The summed E-state index contributed by atoms with van der Waals surface area (Å²) in [6.07, 6.45) is 15.2. The molecule has 1 saturated heterocycles. The Morgan fingerprint density at radius 3 is 1.63 bits per heavy atom. The summed E-state index contributed by atoms with van der Waals surface area (Å²) in [7, 11) is 0. The monoisotopic (exact) mass is 770 g/mol. The van der Waals surface area contributed by atoms with E-state index in [-0.39, 0.29) is 18.9 Å². The van der Waals surface area contributed by atoms with Gasteiger partial charge in [-0.25, -0.2) is 0 Å². The second-order valence-electron chi connectivity index (χ2n) is 14.4. The van der Waals surface area contributed by atoms with E-state index in [0.717, 1.165) is 58.8 Å². The van der Waals surface area contributed by atoms with Crippen molar-refractivity contribution in [2.24, 2.45) is 0 Å². The van der Waals surface area contributed by atoms with Crippen molar-refractivity contribution >= 4 is 35.6 Å². The van der Waals surface area contributed by atoms with Crippen LogP contribution in [0.4, 0.5) is 0 Å². The first-order valence-electron chi connectivity index (χ1n) is 20.5. The summed E-state index contributed by atoms with van der Waals surface area (Å²) in [6, 6.07) is -2.31. The van der Waals surface area contributed by atoms with Crippen LogP contribution in [0.15, 0.2) is 0 Å². The number of hydrogen-bond donors (Lipinski definition) is 3. The number of carbonyl (C=O) groups excluding carboxylic acids is 6. The fourth-order valence-electron chi connectivity index (χ4n) is 6.44. The van der Waals surface area contributed by atoms with Gasteiger partial charge in [0.2, 0.25) is 17.7 Å². The number of esters is 3. The molecule has 3 amide bonds. The Morgan fingerprint density at radius 2 is 1.13 bits per heavy atom. The molecule has 312 valence electrons. The van der Waals surface area contributed by atoms with Gasteiger partial charge in [-0.05, 0) is 12.8 Å². The molecule has 54 heavy (non-hydrogen) atoms. The molecule has 0 radical (unpaired) electrons. The maximum Gasteiger partial charge on any atom is 0.303 e. The first-order chi connectivity index (χ1) is 25.9. The SMILES string of the molecule is CCCCCCCCCCCNC(=O)[C@H](CO[C@@H]1O[C@H](COC(C)=O)[C@@H](OC(C)=O)[C@H](OC(C)=O)[C@H]1NC(C)=O)NC(=O)CCCCCCCCCCC. The van der Waals surface area contributed by atoms with Crippen LogP contribution in [0.25, 0.3) is 0 Å². The normalized spacial score (nSPS) is 20.0. The Bertz CT molecular complexity index is 1100. The van der Waals surface area contributed by atoms with E-state index in [1.807, 2.05) is 0 Å². The fraction of sp³-hybridized carbons (Fsp3) is 0.850. The molecule has 1 aliphatic rings. The van der Waals surface area contributed by atoms with Crippen LogP contribution in [-0.2, 0) is 52.5 Å². The average molecular weight is 770 g/mol. The highest BCUT2D eigenvalue weighted by Gasteiger charge is 2.51. The van der Waals surface area contributed by atoms with Gasteiger partial charge in [-0.15, -0.1) is 0 Å². The third-order valence-corrected chi connectivity index (χ3v) is 9.24. The minimum Gasteiger partial charge on any atom is -0.463 e. The second-order valence-corrected chi connectivity index (χ2v) is 14.4. The zero-order valence-electron chi connectivity index (χ0n) is 34.0. The van der Waals surface area contributed by atoms with E-state index < -0.39 is 73.0 Å². The topological polar surface area (TPSA) is 185 Å². The Labute approximate surface area is 323 Å². The zero-order chi connectivity index (χ0) is 40.1. The fourth-order valence-corrected chi connectivity index (χ4v) is 6.44. The molecule has 0 aromatic carbocycles. The van der Waals surface area contributed by atoms with E-state index in [2.05, 4.69) is 29.8 Å². The van der Waals surface area contributed by atoms with Gasteiger partial charge < -0.3 is 39.6 Å². The zero-order valence-corrected chi connectivity index (χ0v) is 34.0. The summed E-state index contributed by atoms with van der Waals surface area (Å²) in [5, 5.41) is 8.38. The lowest BCUT2D eigenvalue weighted by Gasteiger charge is -2.45. The van der Waals surface area contributed by atoms with Crippen LogP contribution in [0.2, 0.25) is 0 Å². The minimum atomic E-state index is -1.37. The highest BCUT2D eigenvalue weighted by atomic mass is 16.7. The molecule has 1 aliphatic heterocycles. The summed E-state index contributed by atoms with van der Waals surface area (Å²) >= 11 is 0. The molecule has 0 aromatic heterocycles. The van der Waals surface area contributed by atoms with E-state index in [9.17, 15) is 28.8 Å². The van der Waals surface area contributed by atoms with E-state index >= 15 is 0 Å². The molecule has 14 nitrogen and oxygen atoms in total. The van der Waals surface area contributed by atoms with Crippen LogP contribution in [0, 0.1) is 0 Å². The van der Waals surface area contributed by atoms with Gasteiger partial charge in [0.1, 0.15) is 24.8 Å². The molecule has 0 aliphatic carbocycles. The Morgan fingerprint density at radius 1 is 0.630 bits per heavy atom. The molecule has 6 atom stereocenters. The second kappa shape index (κ2) is 30.0. The van der Waals surface area contributed by atoms with Crippen molar-refractivity contribution in [2.75, 3.05) is 19.8 Å². The van der Waals surface area contributed by atoms with Crippen molar-refractivity contribution in [1.29, 1.82) is 0 Å². The lowest BCUT2D eigenvalue weighted by atomic mass is 9.96. The lowest BCUT2D eigenvalue weighted by Crippen LogP contribution is -2.67. The highest BCUT2D eigenvalue weighted by Crippen LogP contribution is 2.28. The molecule has 1 fully saturated rings. The maximum atomic E-state index is 13.5. The van der Waals surface area contributed by atoms with Gasteiger partial charge in [-0.3, -0.25) is 28.8 Å². The molecule has 0 spiro atoms. The van der Waals surface area contributed by atoms with Crippen LogP contribution >= 0.6 is 0 Å². The van der Waals surface area contributed by atoms with Crippen molar-refractivity contribution in [3.8, 4) is 0 Å². The number of amides is 3. The molecular weight excluding hydrogens is 698 g/mol. The van der Waals surface area contributed by atoms with Gasteiger partial charge in [-0.2, -0.15) is 0 Å². The Kier molecular flexibility index (Phi) is 27.1. The Balaban J connectivity index is 3.04. The smallest absolute Gasteiger partial charge is 0.303 e. The summed E-state index contributed by atoms with van der Waals surface area (Å²) in [5.41, 5.74) is 0. The number of unbranched alkanes of at least 4 members (excludes halogenated alkanes) is 16. The van der Waals surface area contributed by atoms with Crippen LogP contribution in [0.1, 0.15) is 164 Å². The highest BCUT2D eigenvalue weighted by molar-refractivity contribution is 5.87. The number of carbonyl (C=O) groups is 6. The third kappa shape index (κ3) is 22.8. The van der Waals surface area contributed by atoms with Gasteiger partial charge in [0.25, 0.3) is 0 Å². The van der Waals surface area contributed by atoms with Crippen molar-refractivity contribution < 1.29 is 52.5 Å². The molecule has 0 aromatic rings. The molecule has 1 heterocycles. The number of rotatable bonds is 30. The van der Waals surface area contributed by atoms with Crippen molar-refractivity contribution in [3.05, 3.63) is 0 Å². The number of nitrogens with one attached hydrogen (secondary N) is 3. The predicted octanol–water partition coefficient (Wildman–Crippen LogP) is 5.71. The molecular formula is C40H71N3O11. The molecule has 1 rings (SSSR count). The van der Waals surface area contributed by atoms with Crippen molar-refractivity contribution in [3.63, 3.8) is 0 Å². The van der Waals surface area contributed by atoms with E-state index in [1.165, 1.54) is 78.1 Å². The van der Waals surface area contributed by atoms with Gasteiger partial charge in [0, 0.05) is 40.7 Å². The van der Waals surface area contributed by atoms with Crippen LogP contribution < -0.4 is 16.0 Å². The first kappa shape index (κ1) is 48.8. The molecule has 0 unspecified atom stereocenters. The first-order valence-corrected chi connectivity index (χ1v) is 20.5. The molecule has 0 bridgehead atoms. The van der Waals surface area contributed by atoms with Crippen LogP contribution in [0.3, 0.4) is 0 Å². The predicted molar refractivity (Wildman–Crippen MR) is 204 cm³/mol. The molecule has 14 heteroatoms. The number of ether oxygens (including phenoxy) is 5. The minimum absolute atomic E-state index is 0.245. The van der Waals surface area contributed by atoms with Crippen LogP contribution in [-0.4, -0.2) is 92.1 Å².